The van der Waals surface area contributed by atoms with Gasteiger partial charge in [0.05, 0.1) is 10.9 Å². The topological polar surface area (TPSA) is 142 Å². The van der Waals surface area contributed by atoms with Crippen molar-refractivity contribution in [2.24, 2.45) is 5.73 Å². The predicted octanol–water partition coefficient (Wildman–Crippen LogP) is 3.00. The van der Waals surface area contributed by atoms with E-state index in [9.17, 15) is 24.6 Å². The molecule has 0 unspecified atom stereocenters. The second-order valence-corrected chi connectivity index (χ2v) is 9.19. The molecule has 0 saturated heterocycles. The number of amides is 1. The van der Waals surface area contributed by atoms with Gasteiger partial charge in [0, 0.05) is 6.54 Å². The molecule has 0 radical (unpaired) electrons. The lowest BCUT2D eigenvalue weighted by atomic mass is 10.0. The first-order valence-electron chi connectivity index (χ1n) is 11.4. The summed E-state index contributed by atoms with van der Waals surface area (Å²) in [5, 5.41) is 24.0. The van der Waals surface area contributed by atoms with Crippen LogP contribution in [0.25, 0.3) is 0 Å². The van der Waals surface area contributed by atoms with Crippen LogP contribution in [-0.4, -0.2) is 58.3 Å². The molecule has 3 atom stereocenters. The molecule has 34 heavy (non-hydrogen) atoms. The molecule has 0 spiro atoms. The standard InChI is InChI=1S/C24H31N3O6S/c25-13-5-4-8-18(26-19(23(29)30)10-9-16-6-2-1-3-7-16)21(28)27-14-11-17-12-15-34-20(17)22(27)33-24(31)32/h1-3,6-7,12,15,18-19,22,26H,4-5,8-11,13-14,25H2,(H,29,30)(H,31,32)/t18-,19-,22-/m0/s1. The van der Waals surface area contributed by atoms with Gasteiger partial charge in [0.25, 0.3) is 0 Å². The molecule has 10 heteroatoms. The van der Waals surface area contributed by atoms with Crippen LogP contribution in [0.5, 0.6) is 0 Å². The van der Waals surface area contributed by atoms with Crippen molar-refractivity contribution in [1.82, 2.24) is 10.2 Å². The van der Waals surface area contributed by atoms with E-state index in [4.69, 9.17) is 10.5 Å². The number of fused-ring (bicyclic) bond motifs is 1. The minimum Gasteiger partial charge on any atom is -0.480 e. The number of hydrogen-bond donors (Lipinski definition) is 4. The molecular weight excluding hydrogens is 458 g/mol. The van der Waals surface area contributed by atoms with Gasteiger partial charge in [-0.05, 0) is 61.2 Å². The van der Waals surface area contributed by atoms with Crippen molar-refractivity contribution in [1.29, 1.82) is 0 Å². The number of ether oxygens (including phenoxy) is 1. The van der Waals surface area contributed by atoms with Gasteiger partial charge in [0.1, 0.15) is 6.04 Å². The zero-order valence-electron chi connectivity index (χ0n) is 18.9. The maximum Gasteiger partial charge on any atom is 0.508 e. The number of carboxylic acids is 1. The third kappa shape index (κ3) is 6.78. The molecule has 1 aliphatic rings. The maximum absolute atomic E-state index is 13.6. The van der Waals surface area contributed by atoms with E-state index in [2.05, 4.69) is 5.32 Å². The highest BCUT2D eigenvalue weighted by molar-refractivity contribution is 7.10. The third-order valence-corrected chi connectivity index (χ3v) is 6.91. The molecule has 1 aromatic heterocycles. The van der Waals surface area contributed by atoms with E-state index in [0.717, 1.165) is 11.1 Å². The van der Waals surface area contributed by atoms with Gasteiger partial charge in [-0.2, -0.15) is 0 Å². The Balaban J connectivity index is 1.78. The Kier molecular flexibility index (Phi) is 9.43. The number of hydrogen-bond acceptors (Lipinski definition) is 7. The highest BCUT2D eigenvalue weighted by Gasteiger charge is 2.38. The SMILES string of the molecule is NCCCC[C@H](N[C@@H](CCc1ccccc1)C(=O)O)C(=O)N1CCc2ccsc2[C@@H]1OC(=O)O. The number of nitrogens with one attached hydrogen (secondary N) is 1. The van der Waals surface area contributed by atoms with E-state index in [-0.39, 0.29) is 12.5 Å². The van der Waals surface area contributed by atoms with Crippen LogP contribution >= 0.6 is 11.3 Å². The highest BCUT2D eigenvalue weighted by Crippen LogP contribution is 2.35. The normalized spacial score (nSPS) is 17.0. The minimum absolute atomic E-state index is 0.289. The smallest absolute Gasteiger partial charge is 0.480 e. The molecule has 0 aliphatic carbocycles. The summed E-state index contributed by atoms with van der Waals surface area (Å²) in [6, 6.07) is 9.73. The lowest BCUT2D eigenvalue weighted by Gasteiger charge is -2.37. The van der Waals surface area contributed by atoms with Crippen LogP contribution in [0.2, 0.25) is 0 Å². The summed E-state index contributed by atoms with van der Waals surface area (Å²) in [6.45, 7) is 0.752. The maximum atomic E-state index is 13.6. The molecule has 1 aliphatic heterocycles. The molecule has 0 saturated carbocycles. The van der Waals surface area contributed by atoms with E-state index in [1.165, 1.54) is 16.2 Å². The predicted molar refractivity (Wildman–Crippen MR) is 128 cm³/mol. The Morgan fingerprint density at radius 1 is 1.12 bits per heavy atom. The minimum atomic E-state index is -1.47. The summed E-state index contributed by atoms with van der Waals surface area (Å²) < 4.78 is 5.11. The van der Waals surface area contributed by atoms with Crippen LogP contribution in [0.15, 0.2) is 41.8 Å². The number of nitrogens with zero attached hydrogens (tertiary/aromatic N) is 1. The molecular formula is C24H31N3O6S. The second-order valence-electron chi connectivity index (χ2n) is 8.25. The summed E-state index contributed by atoms with van der Waals surface area (Å²) in [4.78, 5) is 39.1. The first kappa shape index (κ1) is 25.7. The molecule has 5 N–H and O–H groups in total. The van der Waals surface area contributed by atoms with E-state index < -0.39 is 30.4 Å². The fourth-order valence-corrected chi connectivity index (χ4v) is 5.15. The van der Waals surface area contributed by atoms with Crippen LogP contribution in [0.4, 0.5) is 4.79 Å². The van der Waals surface area contributed by atoms with Crippen molar-refractivity contribution < 1.29 is 29.3 Å². The van der Waals surface area contributed by atoms with Crippen LogP contribution in [0.3, 0.4) is 0 Å². The molecule has 3 rings (SSSR count). The quantitative estimate of drug-likeness (QED) is 0.263. The Hall–Kier alpha value is -2.95. The number of nitrogens with two attached hydrogens (primary N) is 1. The molecule has 9 nitrogen and oxygen atoms in total. The van der Waals surface area contributed by atoms with E-state index in [1.807, 2.05) is 41.8 Å². The fourth-order valence-electron chi connectivity index (χ4n) is 4.16. The molecule has 184 valence electrons. The molecule has 2 heterocycles. The number of aryl methyl sites for hydroxylation is 1. The van der Waals surface area contributed by atoms with E-state index in [0.29, 0.717) is 49.9 Å². The first-order chi connectivity index (χ1) is 16.4. The van der Waals surface area contributed by atoms with Crippen LogP contribution in [0, 0.1) is 0 Å². The lowest BCUT2D eigenvalue weighted by Crippen LogP contribution is -2.54. The van der Waals surface area contributed by atoms with Gasteiger partial charge in [0.2, 0.25) is 12.1 Å². The summed E-state index contributed by atoms with van der Waals surface area (Å²) in [6.07, 6.45) is 0.633. The Morgan fingerprint density at radius 2 is 1.88 bits per heavy atom. The van der Waals surface area contributed by atoms with Gasteiger partial charge < -0.3 is 25.6 Å². The van der Waals surface area contributed by atoms with E-state index in [1.54, 1.807) is 0 Å². The monoisotopic (exact) mass is 489 g/mol. The number of benzene rings is 1. The van der Waals surface area contributed by atoms with Gasteiger partial charge in [-0.15, -0.1) is 11.3 Å². The Bertz CT molecular complexity index is 967. The van der Waals surface area contributed by atoms with E-state index >= 15 is 0 Å². The van der Waals surface area contributed by atoms with Gasteiger partial charge in [-0.1, -0.05) is 36.8 Å². The number of rotatable bonds is 12. The van der Waals surface area contributed by atoms with Crippen LogP contribution < -0.4 is 11.1 Å². The zero-order chi connectivity index (χ0) is 24.5. The molecule has 0 fully saturated rings. The number of carbonyl (C=O) groups excluding carboxylic acids is 1. The second kappa shape index (κ2) is 12.5. The van der Waals surface area contributed by atoms with Gasteiger partial charge in [0.15, 0.2) is 0 Å². The van der Waals surface area contributed by atoms with Crippen molar-refractivity contribution in [2.45, 2.75) is 56.8 Å². The van der Waals surface area contributed by atoms with Crippen LogP contribution in [-0.2, 0) is 27.2 Å². The molecule has 0 bridgehead atoms. The Morgan fingerprint density at radius 3 is 2.56 bits per heavy atom. The zero-order valence-corrected chi connectivity index (χ0v) is 19.7. The van der Waals surface area contributed by atoms with Crippen molar-refractivity contribution in [3.63, 3.8) is 0 Å². The Labute approximate surface area is 202 Å². The third-order valence-electron chi connectivity index (χ3n) is 5.92. The average molecular weight is 490 g/mol. The fraction of sp³-hybridized carbons (Fsp3) is 0.458. The molecule has 2 aromatic rings. The van der Waals surface area contributed by atoms with Crippen molar-refractivity contribution in [2.75, 3.05) is 13.1 Å². The summed E-state index contributed by atoms with van der Waals surface area (Å²) in [5.74, 6) is -1.40. The van der Waals surface area contributed by atoms with Gasteiger partial charge in [-0.3, -0.25) is 14.9 Å². The molecule has 1 amide bonds. The van der Waals surface area contributed by atoms with Gasteiger partial charge >= 0.3 is 12.1 Å². The lowest BCUT2D eigenvalue weighted by molar-refractivity contribution is -0.147. The summed E-state index contributed by atoms with van der Waals surface area (Å²) in [5.41, 5.74) is 7.59. The van der Waals surface area contributed by atoms with Crippen molar-refractivity contribution in [3.8, 4) is 0 Å². The number of unbranched alkanes of at least 4 members (excludes halogenated alkanes) is 1. The number of carbonyl (C=O) groups is 3. The number of aliphatic carboxylic acids is 1. The average Bonchev–Trinajstić information content (AvgIpc) is 3.30. The number of thiophene rings is 1. The highest BCUT2D eigenvalue weighted by atomic mass is 32.1. The summed E-state index contributed by atoms with van der Waals surface area (Å²) >= 11 is 1.34. The summed E-state index contributed by atoms with van der Waals surface area (Å²) in [7, 11) is 0. The molecule has 1 aromatic carbocycles. The first-order valence-corrected chi connectivity index (χ1v) is 12.3. The van der Waals surface area contributed by atoms with Gasteiger partial charge in [-0.25, -0.2) is 4.79 Å². The largest absolute Gasteiger partial charge is 0.508 e. The van der Waals surface area contributed by atoms with Crippen LogP contribution in [0.1, 0.15) is 47.9 Å². The van der Waals surface area contributed by atoms with Crippen molar-refractivity contribution in [3.05, 3.63) is 57.8 Å². The van der Waals surface area contributed by atoms with Crippen molar-refractivity contribution >= 4 is 29.4 Å². The number of carboxylic acid groups (broad SMARTS) is 2.